The highest BCUT2D eigenvalue weighted by molar-refractivity contribution is 5.81. The maximum atomic E-state index is 9.03. The molecule has 0 saturated carbocycles. The minimum absolute atomic E-state index is 0.0243. The summed E-state index contributed by atoms with van der Waals surface area (Å²) in [5, 5.41) is 15.0. The van der Waals surface area contributed by atoms with Crippen LogP contribution in [0.4, 0.5) is 0 Å². The Bertz CT molecular complexity index is 721. The van der Waals surface area contributed by atoms with Gasteiger partial charge in [0.1, 0.15) is 0 Å². The van der Waals surface area contributed by atoms with Crippen molar-refractivity contribution in [1.82, 2.24) is 15.6 Å². The largest absolute Gasteiger partial charge is 0.355 e. The Hall–Kier alpha value is -2.87. The number of pyridine rings is 1. The van der Waals surface area contributed by atoms with Crippen LogP contribution in [0.1, 0.15) is 44.2 Å². The summed E-state index contributed by atoms with van der Waals surface area (Å²) < 4.78 is 0. The molecule has 1 unspecified atom stereocenters. The van der Waals surface area contributed by atoms with Crippen molar-refractivity contribution in [3.8, 4) is 6.19 Å². The van der Waals surface area contributed by atoms with E-state index in [1.165, 1.54) is 5.56 Å². The molecule has 0 aliphatic rings. The molecule has 0 fully saturated rings. The Balaban J connectivity index is 2.09. The van der Waals surface area contributed by atoms with E-state index in [1.807, 2.05) is 24.4 Å². The van der Waals surface area contributed by atoms with Crippen molar-refractivity contribution in [3.05, 3.63) is 66.0 Å². The van der Waals surface area contributed by atoms with Gasteiger partial charge in [-0.3, -0.25) is 10.3 Å². The summed E-state index contributed by atoms with van der Waals surface area (Å²) in [5.41, 5.74) is 2.27. The van der Waals surface area contributed by atoms with Crippen molar-refractivity contribution in [1.29, 1.82) is 5.26 Å². The normalized spacial score (nSPS) is 13.5. The molecule has 1 aromatic carbocycles. The summed E-state index contributed by atoms with van der Waals surface area (Å²) in [6, 6.07) is 14.4. The van der Waals surface area contributed by atoms with Crippen LogP contribution in [-0.4, -0.2) is 17.5 Å². The molecule has 0 bridgehead atoms. The molecule has 0 amide bonds. The van der Waals surface area contributed by atoms with Gasteiger partial charge in [0, 0.05) is 24.4 Å². The van der Waals surface area contributed by atoms with E-state index in [0.717, 1.165) is 24.8 Å². The molecule has 5 heteroatoms. The van der Waals surface area contributed by atoms with Crippen molar-refractivity contribution in [2.75, 3.05) is 6.54 Å². The van der Waals surface area contributed by atoms with Crippen molar-refractivity contribution in [2.24, 2.45) is 4.99 Å². The first-order chi connectivity index (χ1) is 12.7. The van der Waals surface area contributed by atoms with Gasteiger partial charge in [-0.25, -0.2) is 4.99 Å². The SMILES string of the molecule is CCCCC(C)(CNC(=NCc1cccnc1)NC#N)c1ccccc1. The van der Waals surface area contributed by atoms with Gasteiger partial charge in [-0.2, -0.15) is 5.26 Å². The zero-order valence-electron chi connectivity index (χ0n) is 15.6. The monoisotopic (exact) mass is 349 g/mol. The van der Waals surface area contributed by atoms with E-state index in [0.29, 0.717) is 19.0 Å². The Labute approximate surface area is 156 Å². The fourth-order valence-corrected chi connectivity index (χ4v) is 2.88. The Morgan fingerprint density at radius 2 is 2.04 bits per heavy atom. The lowest BCUT2D eigenvalue weighted by Gasteiger charge is -2.31. The van der Waals surface area contributed by atoms with E-state index in [4.69, 9.17) is 5.26 Å². The number of nitriles is 1. The van der Waals surface area contributed by atoms with Gasteiger partial charge < -0.3 is 5.32 Å². The molecule has 1 atom stereocenters. The van der Waals surface area contributed by atoms with E-state index >= 15 is 0 Å². The van der Waals surface area contributed by atoms with Crippen LogP contribution in [0.5, 0.6) is 0 Å². The van der Waals surface area contributed by atoms with Crippen molar-refractivity contribution in [3.63, 3.8) is 0 Å². The minimum atomic E-state index is -0.0243. The average Bonchev–Trinajstić information content (AvgIpc) is 2.70. The molecule has 0 spiro atoms. The molecule has 2 aromatic rings. The van der Waals surface area contributed by atoms with Crippen LogP contribution in [0.3, 0.4) is 0 Å². The van der Waals surface area contributed by atoms with Crippen LogP contribution in [-0.2, 0) is 12.0 Å². The van der Waals surface area contributed by atoms with E-state index < -0.39 is 0 Å². The molecule has 2 N–H and O–H groups in total. The molecule has 0 saturated heterocycles. The molecule has 136 valence electrons. The third kappa shape index (κ3) is 5.89. The van der Waals surface area contributed by atoms with Crippen molar-refractivity contribution >= 4 is 5.96 Å². The van der Waals surface area contributed by atoms with Crippen LogP contribution in [0, 0.1) is 11.5 Å². The van der Waals surface area contributed by atoms with Gasteiger partial charge in [0.25, 0.3) is 0 Å². The zero-order chi connectivity index (χ0) is 18.7. The summed E-state index contributed by atoms with van der Waals surface area (Å²) >= 11 is 0. The molecule has 1 heterocycles. The zero-order valence-corrected chi connectivity index (χ0v) is 15.6. The minimum Gasteiger partial charge on any atom is -0.355 e. The molecule has 0 aliphatic heterocycles. The lowest BCUT2D eigenvalue weighted by Crippen LogP contribution is -2.43. The highest BCUT2D eigenvalue weighted by Crippen LogP contribution is 2.28. The lowest BCUT2D eigenvalue weighted by atomic mass is 9.78. The predicted molar refractivity (Wildman–Crippen MR) is 105 cm³/mol. The summed E-state index contributed by atoms with van der Waals surface area (Å²) in [6.45, 7) is 5.65. The number of nitrogens with zero attached hydrogens (tertiary/aromatic N) is 3. The Kier molecular flexibility index (Phi) is 7.63. The first-order valence-electron chi connectivity index (χ1n) is 9.06. The molecule has 0 aliphatic carbocycles. The van der Waals surface area contributed by atoms with Crippen molar-refractivity contribution in [2.45, 2.75) is 45.1 Å². The van der Waals surface area contributed by atoms with Crippen LogP contribution in [0.15, 0.2) is 59.9 Å². The maximum absolute atomic E-state index is 9.03. The molecule has 0 radical (unpaired) electrons. The van der Waals surface area contributed by atoms with Gasteiger partial charge in [0.05, 0.1) is 6.54 Å². The first-order valence-corrected chi connectivity index (χ1v) is 9.06. The number of unbranched alkanes of at least 4 members (excludes halogenated alkanes) is 1. The van der Waals surface area contributed by atoms with Crippen molar-refractivity contribution < 1.29 is 0 Å². The second-order valence-corrected chi connectivity index (χ2v) is 6.65. The van der Waals surface area contributed by atoms with E-state index in [9.17, 15) is 0 Å². The molecular formula is C21H27N5. The van der Waals surface area contributed by atoms with Gasteiger partial charge in [0.2, 0.25) is 5.96 Å². The molecule has 2 rings (SSSR count). The van der Waals surface area contributed by atoms with E-state index in [2.05, 4.69) is 58.7 Å². The third-order valence-corrected chi connectivity index (χ3v) is 4.52. The smallest absolute Gasteiger partial charge is 0.205 e. The number of hydrogen-bond donors (Lipinski definition) is 2. The maximum Gasteiger partial charge on any atom is 0.205 e. The second-order valence-electron chi connectivity index (χ2n) is 6.65. The highest BCUT2D eigenvalue weighted by Gasteiger charge is 2.26. The van der Waals surface area contributed by atoms with Gasteiger partial charge in [0.15, 0.2) is 6.19 Å². The molecule has 5 nitrogen and oxygen atoms in total. The summed E-state index contributed by atoms with van der Waals surface area (Å²) in [7, 11) is 0. The summed E-state index contributed by atoms with van der Waals surface area (Å²) in [5.74, 6) is 0.495. The first kappa shape index (κ1) is 19.5. The van der Waals surface area contributed by atoms with Gasteiger partial charge in [-0.15, -0.1) is 0 Å². The second kappa shape index (κ2) is 10.2. The Morgan fingerprint density at radius 1 is 1.23 bits per heavy atom. The van der Waals surface area contributed by atoms with E-state index in [1.54, 1.807) is 12.4 Å². The number of hydrogen-bond acceptors (Lipinski definition) is 3. The fraction of sp³-hybridized carbons (Fsp3) is 0.381. The topological polar surface area (TPSA) is 73.1 Å². The number of aromatic nitrogens is 1. The predicted octanol–water partition coefficient (Wildman–Crippen LogP) is 3.75. The number of guanidine groups is 1. The quantitative estimate of drug-likeness (QED) is 0.329. The third-order valence-electron chi connectivity index (χ3n) is 4.52. The summed E-state index contributed by atoms with van der Waals surface area (Å²) in [4.78, 5) is 8.58. The highest BCUT2D eigenvalue weighted by atomic mass is 15.2. The van der Waals surface area contributed by atoms with Crippen LogP contribution >= 0.6 is 0 Å². The fourth-order valence-electron chi connectivity index (χ4n) is 2.88. The van der Waals surface area contributed by atoms with Gasteiger partial charge in [-0.05, 0) is 23.6 Å². The molecular weight excluding hydrogens is 322 g/mol. The van der Waals surface area contributed by atoms with E-state index in [-0.39, 0.29) is 5.41 Å². The number of aliphatic imine (C=N–C) groups is 1. The number of nitrogens with one attached hydrogen (secondary N) is 2. The number of rotatable bonds is 8. The summed E-state index contributed by atoms with van der Waals surface area (Å²) in [6.07, 6.45) is 8.86. The van der Waals surface area contributed by atoms with Crippen LogP contribution in [0.2, 0.25) is 0 Å². The van der Waals surface area contributed by atoms with Crippen LogP contribution in [0.25, 0.3) is 0 Å². The standard InChI is InChI=1S/C21H27N5/c1-3-4-12-21(2,19-10-6-5-7-11-19)16-25-20(26-17-22)24-15-18-9-8-13-23-14-18/h5-11,13-14H,3-4,12,15-16H2,1-2H3,(H2,24,25,26). The lowest BCUT2D eigenvalue weighted by molar-refractivity contribution is 0.410. The van der Waals surface area contributed by atoms with Gasteiger partial charge in [-0.1, -0.05) is 63.1 Å². The van der Waals surface area contributed by atoms with Gasteiger partial charge >= 0.3 is 0 Å². The van der Waals surface area contributed by atoms with Crippen LogP contribution < -0.4 is 10.6 Å². The molecule has 1 aromatic heterocycles. The number of benzene rings is 1. The molecule has 26 heavy (non-hydrogen) atoms. The average molecular weight is 349 g/mol. The Morgan fingerprint density at radius 3 is 2.69 bits per heavy atom.